The molecular formula is C22H18FN3O3. The molecule has 3 aromatic rings. The summed E-state index contributed by atoms with van der Waals surface area (Å²) in [6, 6.07) is 19.7. The van der Waals surface area contributed by atoms with E-state index in [-0.39, 0.29) is 24.9 Å². The fraction of sp³-hybridized carbons (Fsp3) is 0.0909. The van der Waals surface area contributed by atoms with Gasteiger partial charge in [-0.15, -0.1) is 0 Å². The van der Waals surface area contributed by atoms with Gasteiger partial charge in [0.05, 0.1) is 12.2 Å². The van der Waals surface area contributed by atoms with Crippen LogP contribution >= 0.6 is 0 Å². The van der Waals surface area contributed by atoms with E-state index in [0.29, 0.717) is 22.8 Å². The van der Waals surface area contributed by atoms with E-state index >= 15 is 0 Å². The molecule has 4 rings (SSSR count). The molecule has 146 valence electrons. The van der Waals surface area contributed by atoms with Gasteiger partial charge in [0, 0.05) is 11.4 Å². The van der Waals surface area contributed by atoms with Crippen LogP contribution in [0.2, 0.25) is 0 Å². The van der Waals surface area contributed by atoms with Crippen molar-refractivity contribution in [3.05, 3.63) is 84.2 Å². The number of anilines is 3. The van der Waals surface area contributed by atoms with Gasteiger partial charge in [-0.3, -0.25) is 4.79 Å². The van der Waals surface area contributed by atoms with Gasteiger partial charge in [-0.25, -0.2) is 9.18 Å². The third-order valence-corrected chi connectivity index (χ3v) is 4.45. The second-order valence-electron chi connectivity index (χ2n) is 6.52. The SMILES string of the molecule is O=C(Nc1ccccc1)Nc1ccc2c(c1)N(Cc1ccc(F)cc1)C(=O)CO2. The van der Waals surface area contributed by atoms with Gasteiger partial charge in [-0.05, 0) is 48.0 Å². The van der Waals surface area contributed by atoms with Crippen molar-refractivity contribution in [1.82, 2.24) is 0 Å². The van der Waals surface area contributed by atoms with Gasteiger partial charge in [-0.2, -0.15) is 0 Å². The lowest BCUT2D eigenvalue weighted by atomic mass is 10.1. The number of nitrogens with one attached hydrogen (secondary N) is 2. The Balaban J connectivity index is 1.53. The zero-order chi connectivity index (χ0) is 20.2. The molecule has 0 atom stereocenters. The van der Waals surface area contributed by atoms with Crippen LogP contribution in [0.5, 0.6) is 5.75 Å². The van der Waals surface area contributed by atoms with Crippen LogP contribution in [0.15, 0.2) is 72.8 Å². The van der Waals surface area contributed by atoms with E-state index in [1.165, 1.54) is 12.1 Å². The van der Waals surface area contributed by atoms with E-state index in [1.807, 2.05) is 18.2 Å². The minimum atomic E-state index is -0.399. The van der Waals surface area contributed by atoms with Gasteiger partial charge in [0.1, 0.15) is 11.6 Å². The summed E-state index contributed by atoms with van der Waals surface area (Å²) in [5.41, 5.74) is 2.51. The normalized spacial score (nSPS) is 12.7. The Kier molecular flexibility index (Phi) is 5.11. The van der Waals surface area contributed by atoms with Gasteiger partial charge in [0.15, 0.2) is 6.61 Å². The Labute approximate surface area is 166 Å². The average Bonchev–Trinajstić information content (AvgIpc) is 2.72. The van der Waals surface area contributed by atoms with E-state index < -0.39 is 6.03 Å². The molecule has 0 spiro atoms. The highest BCUT2D eigenvalue weighted by molar-refractivity contribution is 6.02. The number of fused-ring (bicyclic) bond motifs is 1. The van der Waals surface area contributed by atoms with Crippen molar-refractivity contribution < 1.29 is 18.7 Å². The van der Waals surface area contributed by atoms with E-state index in [2.05, 4.69) is 10.6 Å². The van der Waals surface area contributed by atoms with Crippen molar-refractivity contribution >= 4 is 29.0 Å². The zero-order valence-electron chi connectivity index (χ0n) is 15.4. The van der Waals surface area contributed by atoms with Crippen molar-refractivity contribution in [2.75, 3.05) is 22.1 Å². The molecule has 3 amide bonds. The summed E-state index contributed by atoms with van der Waals surface area (Å²) >= 11 is 0. The minimum Gasteiger partial charge on any atom is -0.482 e. The summed E-state index contributed by atoms with van der Waals surface area (Å²) in [6.07, 6.45) is 0. The average molecular weight is 391 g/mol. The largest absolute Gasteiger partial charge is 0.482 e. The molecule has 6 nitrogen and oxygen atoms in total. The van der Waals surface area contributed by atoms with Crippen molar-refractivity contribution in [2.45, 2.75) is 6.54 Å². The molecule has 2 N–H and O–H groups in total. The van der Waals surface area contributed by atoms with E-state index in [9.17, 15) is 14.0 Å². The Bertz CT molecular complexity index is 1040. The maximum Gasteiger partial charge on any atom is 0.323 e. The molecule has 3 aromatic carbocycles. The Morgan fingerprint density at radius 1 is 0.966 bits per heavy atom. The van der Waals surface area contributed by atoms with Crippen LogP contribution < -0.4 is 20.3 Å². The van der Waals surface area contributed by atoms with Crippen LogP contribution in [-0.2, 0) is 11.3 Å². The predicted octanol–water partition coefficient (Wildman–Crippen LogP) is 4.40. The molecule has 0 aliphatic carbocycles. The van der Waals surface area contributed by atoms with Gasteiger partial charge >= 0.3 is 6.03 Å². The number of urea groups is 1. The number of benzene rings is 3. The topological polar surface area (TPSA) is 70.7 Å². The summed E-state index contributed by atoms with van der Waals surface area (Å²) in [6.45, 7) is 0.199. The summed E-state index contributed by atoms with van der Waals surface area (Å²) in [4.78, 5) is 26.2. The number of carbonyl (C=O) groups is 2. The van der Waals surface area contributed by atoms with E-state index in [4.69, 9.17) is 4.74 Å². The van der Waals surface area contributed by atoms with Gasteiger partial charge in [0.2, 0.25) is 0 Å². The summed E-state index contributed by atoms with van der Waals surface area (Å²) in [5, 5.41) is 5.49. The standard InChI is InChI=1S/C22H18FN3O3/c23-16-8-6-15(7-9-16)13-26-19-12-18(10-11-20(19)29-14-21(26)27)25-22(28)24-17-4-2-1-3-5-17/h1-12H,13-14H2,(H2,24,25,28). The lowest BCUT2D eigenvalue weighted by Crippen LogP contribution is -2.38. The number of hydrogen-bond acceptors (Lipinski definition) is 3. The molecule has 0 saturated carbocycles. The van der Waals surface area contributed by atoms with Gasteiger partial charge < -0.3 is 20.3 Å². The predicted molar refractivity (Wildman–Crippen MR) is 109 cm³/mol. The number of nitrogens with zero attached hydrogens (tertiary/aromatic N) is 1. The van der Waals surface area contributed by atoms with Crippen LogP contribution in [0.4, 0.5) is 26.2 Å². The highest BCUT2D eigenvalue weighted by Gasteiger charge is 2.26. The van der Waals surface area contributed by atoms with Crippen LogP contribution in [0.25, 0.3) is 0 Å². The van der Waals surface area contributed by atoms with Crippen molar-refractivity contribution in [1.29, 1.82) is 0 Å². The molecule has 7 heteroatoms. The lowest BCUT2D eigenvalue weighted by molar-refractivity contribution is -0.121. The number of halogens is 1. The van der Waals surface area contributed by atoms with Crippen LogP contribution in [0, 0.1) is 5.82 Å². The number of carbonyl (C=O) groups excluding carboxylic acids is 2. The second-order valence-corrected chi connectivity index (χ2v) is 6.52. The lowest BCUT2D eigenvalue weighted by Gasteiger charge is -2.30. The molecular weight excluding hydrogens is 373 g/mol. The Morgan fingerprint density at radius 2 is 1.69 bits per heavy atom. The third-order valence-electron chi connectivity index (χ3n) is 4.45. The highest BCUT2D eigenvalue weighted by atomic mass is 19.1. The minimum absolute atomic E-state index is 0.0739. The Morgan fingerprint density at radius 3 is 2.45 bits per heavy atom. The maximum absolute atomic E-state index is 13.2. The van der Waals surface area contributed by atoms with E-state index in [0.717, 1.165) is 5.56 Å². The van der Waals surface area contributed by atoms with Gasteiger partial charge in [0.25, 0.3) is 5.91 Å². The smallest absolute Gasteiger partial charge is 0.323 e. The molecule has 0 radical (unpaired) electrons. The molecule has 0 bridgehead atoms. The zero-order valence-corrected chi connectivity index (χ0v) is 15.4. The molecule has 1 heterocycles. The maximum atomic E-state index is 13.2. The van der Waals surface area contributed by atoms with Crippen molar-refractivity contribution in [3.63, 3.8) is 0 Å². The first-order valence-electron chi connectivity index (χ1n) is 9.03. The second kappa shape index (κ2) is 8.02. The number of ether oxygens (including phenoxy) is 1. The van der Waals surface area contributed by atoms with Gasteiger partial charge in [-0.1, -0.05) is 30.3 Å². The van der Waals surface area contributed by atoms with Crippen molar-refractivity contribution in [3.8, 4) is 5.75 Å². The first kappa shape index (κ1) is 18.5. The monoisotopic (exact) mass is 391 g/mol. The fourth-order valence-corrected chi connectivity index (χ4v) is 3.04. The summed E-state index contributed by atoms with van der Waals surface area (Å²) in [7, 11) is 0. The summed E-state index contributed by atoms with van der Waals surface area (Å²) < 4.78 is 18.7. The first-order chi connectivity index (χ1) is 14.1. The van der Waals surface area contributed by atoms with Crippen LogP contribution in [-0.4, -0.2) is 18.5 Å². The third kappa shape index (κ3) is 4.35. The number of rotatable bonds is 4. The molecule has 0 fully saturated rings. The fourth-order valence-electron chi connectivity index (χ4n) is 3.04. The molecule has 0 saturated heterocycles. The molecule has 1 aliphatic rings. The van der Waals surface area contributed by atoms with Crippen LogP contribution in [0.3, 0.4) is 0 Å². The first-order valence-corrected chi connectivity index (χ1v) is 9.03. The van der Waals surface area contributed by atoms with E-state index in [1.54, 1.807) is 47.4 Å². The highest BCUT2D eigenvalue weighted by Crippen LogP contribution is 2.35. The number of amides is 3. The Hall–Kier alpha value is -3.87. The quantitative estimate of drug-likeness (QED) is 0.693. The molecule has 29 heavy (non-hydrogen) atoms. The molecule has 0 unspecified atom stereocenters. The van der Waals surface area contributed by atoms with Crippen LogP contribution in [0.1, 0.15) is 5.56 Å². The molecule has 0 aromatic heterocycles. The summed E-state index contributed by atoms with van der Waals surface area (Å²) in [5.74, 6) is -0.00758. The number of para-hydroxylation sites is 1. The van der Waals surface area contributed by atoms with Crippen molar-refractivity contribution in [2.24, 2.45) is 0 Å². The molecule has 1 aliphatic heterocycles. The number of hydrogen-bond donors (Lipinski definition) is 2.